The molecule has 0 fully saturated rings. The van der Waals surface area contributed by atoms with E-state index in [1.807, 2.05) is 0 Å². The fraction of sp³-hybridized carbons (Fsp3) is 0.500. The molecule has 116 valence electrons. The lowest BCUT2D eigenvalue weighted by atomic mass is 9.60. The van der Waals surface area contributed by atoms with Gasteiger partial charge in [0.1, 0.15) is 5.75 Å². The van der Waals surface area contributed by atoms with Crippen molar-refractivity contribution >= 4 is 5.57 Å². The first-order valence-electron chi connectivity index (χ1n) is 8.42. The first-order valence-corrected chi connectivity index (χ1v) is 8.42. The van der Waals surface area contributed by atoms with Crippen LogP contribution in [-0.4, -0.2) is 18.3 Å². The Labute approximate surface area is 132 Å². The SMILES string of the molecule is COc1ccc2c(c1)CCC1=C2CC[C@]2(C)C1=CCC[C@H]2O. The smallest absolute Gasteiger partial charge is 0.119 e. The Bertz CT molecular complexity index is 683. The van der Waals surface area contributed by atoms with Gasteiger partial charge in [0.2, 0.25) is 0 Å². The van der Waals surface area contributed by atoms with E-state index in [2.05, 4.69) is 31.2 Å². The van der Waals surface area contributed by atoms with E-state index >= 15 is 0 Å². The highest BCUT2D eigenvalue weighted by atomic mass is 16.5. The first kappa shape index (κ1) is 14.1. The van der Waals surface area contributed by atoms with Crippen LogP contribution in [0.3, 0.4) is 0 Å². The summed E-state index contributed by atoms with van der Waals surface area (Å²) in [4.78, 5) is 0. The fourth-order valence-corrected chi connectivity index (χ4v) is 4.62. The molecule has 1 aromatic rings. The van der Waals surface area contributed by atoms with Crippen molar-refractivity contribution in [3.05, 3.63) is 46.5 Å². The van der Waals surface area contributed by atoms with Crippen molar-refractivity contribution in [2.75, 3.05) is 7.11 Å². The van der Waals surface area contributed by atoms with Crippen molar-refractivity contribution in [2.24, 2.45) is 5.41 Å². The van der Waals surface area contributed by atoms with Gasteiger partial charge in [-0.2, -0.15) is 0 Å². The lowest BCUT2D eigenvalue weighted by Crippen LogP contribution is -2.40. The molecule has 2 heteroatoms. The molecule has 1 aromatic carbocycles. The number of aliphatic hydroxyl groups is 1. The number of benzene rings is 1. The summed E-state index contributed by atoms with van der Waals surface area (Å²) in [6.45, 7) is 2.26. The van der Waals surface area contributed by atoms with Crippen molar-refractivity contribution in [3.63, 3.8) is 0 Å². The molecule has 0 saturated heterocycles. The van der Waals surface area contributed by atoms with Crippen LogP contribution in [0, 0.1) is 5.41 Å². The van der Waals surface area contributed by atoms with Crippen LogP contribution in [0.5, 0.6) is 5.75 Å². The molecule has 0 heterocycles. The lowest BCUT2D eigenvalue weighted by molar-refractivity contribution is 0.0432. The standard InChI is InChI=1S/C20H24O2/c1-20-11-10-16-15-9-7-14(22-2)12-13(15)6-8-17(16)18(20)4-3-5-19(20)21/h4,7,9,12,19,21H,3,5-6,8,10-11H2,1-2H3/t19-,20-/m1/s1. The Morgan fingerprint density at radius 2 is 2.05 bits per heavy atom. The minimum absolute atomic E-state index is 0.0267. The van der Waals surface area contributed by atoms with E-state index in [9.17, 15) is 5.11 Å². The molecule has 0 bridgehead atoms. The molecule has 3 aliphatic rings. The largest absolute Gasteiger partial charge is 0.497 e. The highest BCUT2D eigenvalue weighted by molar-refractivity contribution is 5.79. The van der Waals surface area contributed by atoms with Crippen LogP contribution in [0.1, 0.15) is 50.2 Å². The first-order chi connectivity index (χ1) is 10.6. The monoisotopic (exact) mass is 296 g/mol. The zero-order valence-corrected chi connectivity index (χ0v) is 13.5. The number of hydrogen-bond acceptors (Lipinski definition) is 2. The number of allylic oxidation sites excluding steroid dienone is 3. The van der Waals surface area contributed by atoms with Crippen LogP contribution in [0.2, 0.25) is 0 Å². The number of ether oxygens (including phenoxy) is 1. The molecular weight excluding hydrogens is 272 g/mol. The zero-order valence-electron chi connectivity index (χ0n) is 13.5. The van der Waals surface area contributed by atoms with Gasteiger partial charge in [-0.1, -0.05) is 19.1 Å². The van der Waals surface area contributed by atoms with Crippen molar-refractivity contribution in [1.82, 2.24) is 0 Å². The molecule has 3 aliphatic carbocycles. The third-order valence-corrected chi connectivity index (χ3v) is 6.00. The molecule has 0 aromatic heterocycles. The summed E-state index contributed by atoms with van der Waals surface area (Å²) in [7, 11) is 1.73. The van der Waals surface area contributed by atoms with Crippen LogP contribution < -0.4 is 4.74 Å². The van der Waals surface area contributed by atoms with Gasteiger partial charge in [-0.15, -0.1) is 0 Å². The maximum atomic E-state index is 10.5. The van der Waals surface area contributed by atoms with Gasteiger partial charge in [0, 0.05) is 5.41 Å². The molecule has 4 rings (SSSR count). The maximum Gasteiger partial charge on any atom is 0.119 e. The van der Waals surface area contributed by atoms with E-state index in [4.69, 9.17) is 4.74 Å². The summed E-state index contributed by atoms with van der Waals surface area (Å²) >= 11 is 0. The van der Waals surface area contributed by atoms with Crippen molar-refractivity contribution < 1.29 is 9.84 Å². The number of aryl methyl sites for hydroxylation is 1. The topological polar surface area (TPSA) is 29.5 Å². The van der Waals surface area contributed by atoms with E-state index in [1.54, 1.807) is 7.11 Å². The van der Waals surface area contributed by atoms with Gasteiger partial charge in [-0.05, 0) is 78.5 Å². The Hall–Kier alpha value is -1.54. The number of methoxy groups -OCH3 is 1. The average molecular weight is 296 g/mol. The molecule has 0 aliphatic heterocycles. The Morgan fingerprint density at radius 3 is 2.86 bits per heavy atom. The minimum Gasteiger partial charge on any atom is -0.497 e. The van der Waals surface area contributed by atoms with E-state index in [-0.39, 0.29) is 11.5 Å². The van der Waals surface area contributed by atoms with E-state index in [0.29, 0.717) is 0 Å². The highest BCUT2D eigenvalue weighted by Gasteiger charge is 2.43. The summed E-state index contributed by atoms with van der Waals surface area (Å²) in [6, 6.07) is 6.49. The minimum atomic E-state index is -0.182. The van der Waals surface area contributed by atoms with Gasteiger partial charge in [-0.3, -0.25) is 0 Å². The quantitative estimate of drug-likeness (QED) is 0.838. The molecule has 0 radical (unpaired) electrons. The van der Waals surface area contributed by atoms with Gasteiger partial charge < -0.3 is 9.84 Å². The predicted molar refractivity (Wildman–Crippen MR) is 88.9 cm³/mol. The summed E-state index contributed by atoms with van der Waals surface area (Å²) in [5.41, 5.74) is 7.27. The zero-order chi connectivity index (χ0) is 15.3. The lowest BCUT2D eigenvalue weighted by Gasteiger charge is -2.46. The molecule has 0 unspecified atom stereocenters. The Kier molecular flexibility index (Phi) is 3.19. The molecule has 2 nitrogen and oxygen atoms in total. The molecule has 0 saturated carbocycles. The third kappa shape index (κ3) is 1.90. The van der Waals surface area contributed by atoms with Gasteiger partial charge in [0.05, 0.1) is 13.2 Å². The van der Waals surface area contributed by atoms with E-state index < -0.39 is 0 Å². The number of fused-ring (bicyclic) bond motifs is 4. The van der Waals surface area contributed by atoms with Gasteiger partial charge in [0.25, 0.3) is 0 Å². The molecule has 0 amide bonds. The van der Waals surface area contributed by atoms with Crippen LogP contribution in [0.15, 0.2) is 35.4 Å². The number of hydrogen-bond donors (Lipinski definition) is 1. The second-order valence-electron chi connectivity index (χ2n) is 7.11. The van der Waals surface area contributed by atoms with Gasteiger partial charge in [-0.25, -0.2) is 0 Å². The molecule has 2 atom stereocenters. The van der Waals surface area contributed by atoms with Crippen molar-refractivity contribution in [2.45, 2.75) is 51.6 Å². The number of aliphatic hydroxyl groups excluding tert-OH is 1. The van der Waals surface area contributed by atoms with E-state index in [1.165, 1.54) is 27.8 Å². The summed E-state index contributed by atoms with van der Waals surface area (Å²) in [6.07, 6.45) is 8.46. The normalized spacial score (nSPS) is 30.1. The molecule has 0 spiro atoms. The third-order valence-electron chi connectivity index (χ3n) is 6.00. The summed E-state index contributed by atoms with van der Waals surface area (Å²) < 4.78 is 5.37. The van der Waals surface area contributed by atoms with Gasteiger partial charge >= 0.3 is 0 Å². The number of rotatable bonds is 1. The molecule has 22 heavy (non-hydrogen) atoms. The molecule has 1 N–H and O–H groups in total. The van der Waals surface area contributed by atoms with Crippen LogP contribution in [-0.2, 0) is 6.42 Å². The highest BCUT2D eigenvalue weighted by Crippen LogP contribution is 2.54. The maximum absolute atomic E-state index is 10.5. The van der Waals surface area contributed by atoms with Crippen LogP contribution in [0.25, 0.3) is 5.57 Å². The fourth-order valence-electron chi connectivity index (χ4n) is 4.62. The predicted octanol–water partition coefficient (Wildman–Crippen LogP) is 4.28. The Balaban J connectivity index is 1.83. The van der Waals surface area contributed by atoms with Crippen LogP contribution >= 0.6 is 0 Å². The average Bonchev–Trinajstić information content (AvgIpc) is 2.55. The van der Waals surface area contributed by atoms with Crippen molar-refractivity contribution in [1.29, 1.82) is 0 Å². The van der Waals surface area contributed by atoms with Crippen molar-refractivity contribution in [3.8, 4) is 5.75 Å². The second-order valence-corrected chi connectivity index (χ2v) is 7.11. The molecular formula is C20H24O2. The summed E-state index contributed by atoms with van der Waals surface area (Å²) in [5, 5.41) is 10.5. The Morgan fingerprint density at radius 1 is 1.18 bits per heavy atom. The second kappa shape index (κ2) is 4.99. The van der Waals surface area contributed by atoms with E-state index in [0.717, 1.165) is 44.3 Å². The van der Waals surface area contributed by atoms with Crippen LogP contribution in [0.4, 0.5) is 0 Å². The summed E-state index contributed by atoms with van der Waals surface area (Å²) in [5.74, 6) is 0.954. The van der Waals surface area contributed by atoms with Gasteiger partial charge in [0.15, 0.2) is 0 Å².